The first-order valence-corrected chi connectivity index (χ1v) is 7.62. The standard InChI is InChI=1S/C17H24FNO/c1-4-5-6-13(3)16-9-10-17(20)19(16)14-8-7-12(2)15(18)11-14/h7-8,11,13,16H,4-6,9-10H2,1-3H3. The number of carbonyl (C=O) groups is 1. The summed E-state index contributed by atoms with van der Waals surface area (Å²) < 4.78 is 13.8. The van der Waals surface area contributed by atoms with Gasteiger partial charge >= 0.3 is 0 Å². The lowest BCUT2D eigenvalue weighted by molar-refractivity contribution is -0.117. The van der Waals surface area contributed by atoms with Crippen molar-refractivity contribution < 1.29 is 9.18 Å². The third kappa shape index (κ3) is 3.02. The molecule has 0 aromatic heterocycles. The first kappa shape index (κ1) is 15.0. The third-order valence-corrected chi connectivity index (χ3v) is 4.36. The summed E-state index contributed by atoms with van der Waals surface area (Å²) in [6.45, 7) is 6.13. The van der Waals surface area contributed by atoms with Gasteiger partial charge in [-0.3, -0.25) is 4.79 Å². The maximum absolute atomic E-state index is 13.8. The Morgan fingerprint density at radius 2 is 2.20 bits per heavy atom. The number of aryl methyl sites for hydroxylation is 1. The van der Waals surface area contributed by atoms with Crippen LogP contribution in [0.4, 0.5) is 10.1 Å². The molecule has 0 spiro atoms. The van der Waals surface area contributed by atoms with Crippen molar-refractivity contribution in [3.05, 3.63) is 29.6 Å². The highest BCUT2D eigenvalue weighted by Crippen LogP contribution is 2.33. The number of rotatable bonds is 5. The van der Waals surface area contributed by atoms with Crippen LogP contribution in [0, 0.1) is 18.7 Å². The number of hydrogen-bond acceptors (Lipinski definition) is 1. The number of halogens is 1. The van der Waals surface area contributed by atoms with Crippen molar-refractivity contribution in [3.63, 3.8) is 0 Å². The largest absolute Gasteiger partial charge is 0.309 e. The minimum atomic E-state index is -0.234. The SMILES string of the molecule is CCCCC(C)C1CCC(=O)N1c1ccc(C)c(F)c1. The molecule has 0 radical (unpaired) electrons. The number of benzene rings is 1. The van der Waals surface area contributed by atoms with Crippen LogP contribution in [-0.4, -0.2) is 11.9 Å². The van der Waals surface area contributed by atoms with E-state index >= 15 is 0 Å². The van der Waals surface area contributed by atoms with Gasteiger partial charge in [0.25, 0.3) is 0 Å². The molecule has 0 saturated carbocycles. The topological polar surface area (TPSA) is 20.3 Å². The molecule has 1 aromatic carbocycles. The second kappa shape index (κ2) is 6.38. The summed E-state index contributed by atoms with van der Waals surface area (Å²) in [5, 5.41) is 0. The Kier molecular flexibility index (Phi) is 4.79. The highest BCUT2D eigenvalue weighted by Gasteiger charge is 2.35. The third-order valence-electron chi connectivity index (χ3n) is 4.36. The van der Waals surface area contributed by atoms with Gasteiger partial charge in [0.1, 0.15) is 5.82 Å². The molecule has 1 amide bonds. The van der Waals surface area contributed by atoms with Gasteiger partial charge in [-0.05, 0) is 43.4 Å². The van der Waals surface area contributed by atoms with Crippen LogP contribution in [0.2, 0.25) is 0 Å². The van der Waals surface area contributed by atoms with Gasteiger partial charge in [-0.25, -0.2) is 4.39 Å². The van der Waals surface area contributed by atoms with Crippen LogP contribution in [0.15, 0.2) is 18.2 Å². The predicted octanol–water partition coefficient (Wildman–Crippen LogP) is 4.46. The first-order valence-electron chi connectivity index (χ1n) is 7.62. The van der Waals surface area contributed by atoms with Gasteiger partial charge in [0, 0.05) is 18.2 Å². The molecule has 0 aliphatic carbocycles. The Hall–Kier alpha value is -1.38. The van der Waals surface area contributed by atoms with Crippen LogP contribution in [-0.2, 0) is 4.79 Å². The average Bonchev–Trinajstić information content (AvgIpc) is 2.81. The summed E-state index contributed by atoms with van der Waals surface area (Å²) in [5.41, 5.74) is 1.33. The van der Waals surface area contributed by atoms with Gasteiger partial charge < -0.3 is 4.90 Å². The summed E-state index contributed by atoms with van der Waals surface area (Å²) in [7, 11) is 0. The summed E-state index contributed by atoms with van der Waals surface area (Å²) in [6, 6.07) is 5.33. The quantitative estimate of drug-likeness (QED) is 0.778. The Morgan fingerprint density at radius 3 is 2.85 bits per heavy atom. The van der Waals surface area contributed by atoms with Crippen molar-refractivity contribution in [1.82, 2.24) is 0 Å². The molecule has 1 saturated heterocycles. The van der Waals surface area contributed by atoms with Crippen LogP contribution >= 0.6 is 0 Å². The normalized spacial score (nSPS) is 20.5. The number of anilines is 1. The van der Waals surface area contributed by atoms with E-state index in [1.54, 1.807) is 13.0 Å². The minimum absolute atomic E-state index is 0.126. The molecule has 0 N–H and O–H groups in total. The van der Waals surface area contributed by atoms with Crippen LogP contribution in [0.5, 0.6) is 0 Å². The molecular formula is C17H24FNO. The lowest BCUT2D eigenvalue weighted by atomic mass is 9.93. The predicted molar refractivity (Wildman–Crippen MR) is 80.3 cm³/mol. The summed E-state index contributed by atoms with van der Waals surface area (Å²) in [4.78, 5) is 14.0. The van der Waals surface area contributed by atoms with Crippen LogP contribution in [0.25, 0.3) is 0 Å². The van der Waals surface area contributed by atoms with Crippen molar-refractivity contribution in [2.75, 3.05) is 4.90 Å². The smallest absolute Gasteiger partial charge is 0.227 e. The molecule has 1 aromatic rings. The van der Waals surface area contributed by atoms with Crippen molar-refractivity contribution >= 4 is 11.6 Å². The summed E-state index contributed by atoms with van der Waals surface area (Å²) in [5.74, 6) is 0.356. The van der Waals surface area contributed by atoms with Crippen LogP contribution < -0.4 is 4.90 Å². The highest BCUT2D eigenvalue weighted by molar-refractivity contribution is 5.96. The molecule has 1 aliphatic heterocycles. The molecule has 3 heteroatoms. The Balaban J connectivity index is 2.21. The van der Waals surface area contributed by atoms with Crippen molar-refractivity contribution in [2.24, 2.45) is 5.92 Å². The fourth-order valence-electron chi connectivity index (χ4n) is 3.03. The lowest BCUT2D eigenvalue weighted by Crippen LogP contribution is -2.37. The fourth-order valence-corrected chi connectivity index (χ4v) is 3.03. The van der Waals surface area contributed by atoms with E-state index in [1.807, 2.05) is 11.0 Å². The van der Waals surface area contributed by atoms with Crippen LogP contribution in [0.1, 0.15) is 51.5 Å². The van der Waals surface area contributed by atoms with E-state index < -0.39 is 0 Å². The van der Waals surface area contributed by atoms with E-state index in [4.69, 9.17) is 0 Å². The van der Waals surface area contributed by atoms with Gasteiger partial charge in [-0.2, -0.15) is 0 Å². The van der Waals surface area contributed by atoms with Gasteiger partial charge in [-0.1, -0.05) is 32.8 Å². The zero-order chi connectivity index (χ0) is 14.7. The Morgan fingerprint density at radius 1 is 1.45 bits per heavy atom. The highest BCUT2D eigenvalue weighted by atomic mass is 19.1. The molecule has 1 heterocycles. The molecule has 20 heavy (non-hydrogen) atoms. The zero-order valence-corrected chi connectivity index (χ0v) is 12.7. The van der Waals surface area contributed by atoms with Crippen molar-refractivity contribution in [2.45, 2.75) is 58.9 Å². The zero-order valence-electron chi connectivity index (χ0n) is 12.7. The second-order valence-electron chi connectivity index (χ2n) is 5.92. The maximum atomic E-state index is 13.8. The summed E-state index contributed by atoms with van der Waals surface area (Å²) >= 11 is 0. The molecule has 2 atom stereocenters. The number of hydrogen-bond donors (Lipinski definition) is 0. The average molecular weight is 277 g/mol. The molecule has 2 unspecified atom stereocenters. The van der Waals surface area contributed by atoms with Crippen molar-refractivity contribution in [1.29, 1.82) is 0 Å². The molecule has 1 fully saturated rings. The van der Waals surface area contributed by atoms with E-state index in [9.17, 15) is 9.18 Å². The molecule has 2 nitrogen and oxygen atoms in total. The number of carbonyl (C=O) groups excluding carboxylic acids is 1. The van der Waals surface area contributed by atoms with Gasteiger partial charge in [-0.15, -0.1) is 0 Å². The molecule has 0 bridgehead atoms. The number of unbranched alkanes of at least 4 members (excludes halogenated alkanes) is 1. The Labute approximate surface area is 121 Å². The fraction of sp³-hybridized carbons (Fsp3) is 0.588. The molecule has 110 valence electrons. The van der Waals surface area contributed by atoms with Crippen molar-refractivity contribution in [3.8, 4) is 0 Å². The van der Waals surface area contributed by atoms with E-state index in [1.165, 1.54) is 18.9 Å². The van der Waals surface area contributed by atoms with Gasteiger partial charge in [0.15, 0.2) is 0 Å². The van der Waals surface area contributed by atoms with Gasteiger partial charge in [0.2, 0.25) is 5.91 Å². The maximum Gasteiger partial charge on any atom is 0.227 e. The van der Waals surface area contributed by atoms with E-state index in [-0.39, 0.29) is 17.8 Å². The van der Waals surface area contributed by atoms with Gasteiger partial charge in [0.05, 0.1) is 0 Å². The molecule has 2 rings (SSSR count). The van der Waals surface area contributed by atoms with E-state index in [0.29, 0.717) is 23.6 Å². The van der Waals surface area contributed by atoms with Crippen LogP contribution in [0.3, 0.4) is 0 Å². The Bertz CT molecular complexity index is 486. The molecular weight excluding hydrogens is 253 g/mol. The second-order valence-corrected chi connectivity index (χ2v) is 5.92. The lowest BCUT2D eigenvalue weighted by Gasteiger charge is -2.30. The minimum Gasteiger partial charge on any atom is -0.309 e. The number of amides is 1. The summed E-state index contributed by atoms with van der Waals surface area (Å²) in [6.07, 6.45) is 4.95. The first-order chi connectivity index (χ1) is 9.54. The monoisotopic (exact) mass is 277 g/mol. The van der Waals surface area contributed by atoms with E-state index in [2.05, 4.69) is 13.8 Å². The van der Waals surface area contributed by atoms with E-state index in [0.717, 1.165) is 12.8 Å². The number of nitrogens with zero attached hydrogens (tertiary/aromatic N) is 1. The molecule has 1 aliphatic rings.